The number of ether oxygens (including phenoxy) is 1. The van der Waals surface area contributed by atoms with Crippen LogP contribution < -0.4 is 10.5 Å². The van der Waals surface area contributed by atoms with Crippen LogP contribution in [-0.2, 0) is 19.6 Å². The highest BCUT2D eigenvalue weighted by Crippen LogP contribution is 2.17. The van der Waals surface area contributed by atoms with Crippen LogP contribution in [0.5, 0.6) is 0 Å². The molecule has 0 aromatic rings. The van der Waals surface area contributed by atoms with E-state index in [-0.39, 0.29) is 12.1 Å². The normalized spacial score (nSPS) is 26.5. The molecule has 15 heavy (non-hydrogen) atoms. The van der Waals surface area contributed by atoms with E-state index in [1.165, 1.54) is 0 Å². The van der Waals surface area contributed by atoms with Crippen molar-refractivity contribution in [3.8, 4) is 0 Å². The topological polar surface area (TPSA) is 98.5 Å². The van der Waals surface area contributed by atoms with Gasteiger partial charge in [-0.15, -0.1) is 0 Å². The summed E-state index contributed by atoms with van der Waals surface area (Å²) >= 11 is 0. The third-order valence-electron chi connectivity index (χ3n) is 2.44. The highest BCUT2D eigenvalue weighted by Gasteiger charge is 2.29. The number of carbonyl (C=O) groups excluding carboxylic acids is 1. The standard InChI is InChI=1S/C8H16N2O4S/c1-14-8(11)5-15(12,13)10-7-4-2-3-6(7)9/h6-7,10H,2-5,9H2,1H3. The summed E-state index contributed by atoms with van der Waals surface area (Å²) in [6.07, 6.45) is 2.44. The first kappa shape index (κ1) is 12.4. The van der Waals surface area contributed by atoms with E-state index in [0.29, 0.717) is 0 Å². The van der Waals surface area contributed by atoms with Gasteiger partial charge in [0.1, 0.15) is 0 Å². The fraction of sp³-hybridized carbons (Fsp3) is 0.875. The average Bonchev–Trinajstić information content (AvgIpc) is 2.50. The van der Waals surface area contributed by atoms with Gasteiger partial charge in [-0.2, -0.15) is 0 Å². The predicted molar refractivity (Wildman–Crippen MR) is 54.6 cm³/mol. The van der Waals surface area contributed by atoms with E-state index in [4.69, 9.17) is 5.73 Å². The second kappa shape index (κ2) is 4.91. The van der Waals surface area contributed by atoms with Crippen LogP contribution in [0.1, 0.15) is 19.3 Å². The molecule has 0 aliphatic heterocycles. The molecule has 1 aliphatic rings. The van der Waals surface area contributed by atoms with Crippen molar-refractivity contribution in [2.24, 2.45) is 5.73 Å². The summed E-state index contributed by atoms with van der Waals surface area (Å²) in [5, 5.41) is 0. The molecule has 6 nitrogen and oxygen atoms in total. The van der Waals surface area contributed by atoms with Crippen LogP contribution in [0.3, 0.4) is 0 Å². The summed E-state index contributed by atoms with van der Waals surface area (Å²) in [6.45, 7) is 0. The molecule has 2 unspecified atom stereocenters. The lowest BCUT2D eigenvalue weighted by Crippen LogP contribution is -2.45. The Morgan fingerprint density at radius 3 is 2.67 bits per heavy atom. The van der Waals surface area contributed by atoms with Gasteiger partial charge in [0.15, 0.2) is 5.75 Å². The molecule has 0 aromatic carbocycles. The van der Waals surface area contributed by atoms with Crippen LogP contribution in [0.25, 0.3) is 0 Å². The quantitative estimate of drug-likeness (QED) is 0.607. The van der Waals surface area contributed by atoms with Crippen LogP contribution in [0.2, 0.25) is 0 Å². The fourth-order valence-electron chi connectivity index (χ4n) is 1.62. The van der Waals surface area contributed by atoms with Gasteiger partial charge < -0.3 is 10.5 Å². The maximum absolute atomic E-state index is 11.4. The van der Waals surface area contributed by atoms with Gasteiger partial charge >= 0.3 is 5.97 Å². The van der Waals surface area contributed by atoms with E-state index < -0.39 is 21.7 Å². The number of nitrogens with two attached hydrogens (primary N) is 1. The summed E-state index contributed by atoms with van der Waals surface area (Å²) in [4.78, 5) is 10.8. The smallest absolute Gasteiger partial charge is 0.322 e. The minimum absolute atomic E-state index is 0.155. The average molecular weight is 236 g/mol. The van der Waals surface area contributed by atoms with Crippen molar-refractivity contribution in [1.29, 1.82) is 0 Å². The number of sulfonamides is 1. The number of rotatable bonds is 4. The molecule has 88 valence electrons. The largest absolute Gasteiger partial charge is 0.468 e. The number of carbonyl (C=O) groups is 1. The van der Waals surface area contributed by atoms with Crippen LogP contribution in [0.15, 0.2) is 0 Å². The molecule has 2 atom stereocenters. The molecule has 0 heterocycles. The molecule has 0 amide bonds. The van der Waals surface area contributed by atoms with Gasteiger partial charge in [-0.05, 0) is 12.8 Å². The molecule has 0 bridgehead atoms. The molecule has 0 spiro atoms. The van der Waals surface area contributed by atoms with Crippen molar-refractivity contribution in [3.05, 3.63) is 0 Å². The van der Waals surface area contributed by atoms with Crippen molar-refractivity contribution in [3.63, 3.8) is 0 Å². The number of hydrogen-bond donors (Lipinski definition) is 2. The van der Waals surface area contributed by atoms with Gasteiger partial charge in [0.2, 0.25) is 10.0 Å². The van der Waals surface area contributed by atoms with E-state index in [9.17, 15) is 13.2 Å². The molecule has 3 N–H and O–H groups in total. The van der Waals surface area contributed by atoms with Crippen molar-refractivity contribution in [2.75, 3.05) is 12.9 Å². The lowest BCUT2D eigenvalue weighted by Gasteiger charge is -2.16. The second-order valence-corrected chi connectivity index (χ2v) is 5.41. The number of hydrogen-bond acceptors (Lipinski definition) is 5. The van der Waals surface area contributed by atoms with Gasteiger partial charge in [0.25, 0.3) is 0 Å². The van der Waals surface area contributed by atoms with E-state index in [1.807, 2.05) is 0 Å². The SMILES string of the molecule is COC(=O)CS(=O)(=O)NC1CCCC1N. The number of methoxy groups -OCH3 is 1. The maximum Gasteiger partial charge on any atom is 0.322 e. The highest BCUT2D eigenvalue weighted by atomic mass is 32.2. The van der Waals surface area contributed by atoms with Crippen molar-refractivity contribution in [1.82, 2.24) is 4.72 Å². The summed E-state index contributed by atoms with van der Waals surface area (Å²) in [7, 11) is -2.46. The van der Waals surface area contributed by atoms with Gasteiger partial charge in [0, 0.05) is 12.1 Å². The zero-order valence-electron chi connectivity index (χ0n) is 8.60. The van der Waals surface area contributed by atoms with Crippen molar-refractivity contribution in [2.45, 2.75) is 31.3 Å². The number of nitrogens with one attached hydrogen (secondary N) is 1. The van der Waals surface area contributed by atoms with Crippen molar-refractivity contribution < 1.29 is 17.9 Å². The molecule has 1 aliphatic carbocycles. The summed E-state index contributed by atoms with van der Waals surface area (Å²) in [6, 6.07) is -0.405. The molecule has 1 fully saturated rings. The lowest BCUT2D eigenvalue weighted by atomic mass is 10.2. The Morgan fingerprint density at radius 1 is 1.53 bits per heavy atom. The molecule has 0 saturated heterocycles. The third kappa shape index (κ3) is 3.77. The minimum atomic E-state index is -3.61. The minimum Gasteiger partial charge on any atom is -0.468 e. The van der Waals surface area contributed by atoms with Crippen LogP contribution in [-0.4, -0.2) is 39.3 Å². The first-order valence-electron chi connectivity index (χ1n) is 4.77. The maximum atomic E-state index is 11.4. The summed E-state index contributed by atoms with van der Waals surface area (Å²) < 4.78 is 29.6. The Bertz CT molecular complexity index is 328. The lowest BCUT2D eigenvalue weighted by molar-refractivity contribution is -0.137. The van der Waals surface area contributed by atoms with E-state index >= 15 is 0 Å². The summed E-state index contributed by atoms with van der Waals surface area (Å²) in [5.41, 5.74) is 5.71. The third-order valence-corrected chi connectivity index (χ3v) is 3.71. The Morgan fingerprint density at radius 2 is 2.20 bits per heavy atom. The van der Waals surface area contributed by atoms with Gasteiger partial charge in [-0.1, -0.05) is 6.42 Å². The monoisotopic (exact) mass is 236 g/mol. The second-order valence-electron chi connectivity index (χ2n) is 3.65. The molecule has 7 heteroatoms. The Hall–Kier alpha value is -0.660. The van der Waals surface area contributed by atoms with E-state index in [1.54, 1.807) is 0 Å². The molecule has 1 rings (SSSR count). The van der Waals surface area contributed by atoms with Crippen LogP contribution in [0.4, 0.5) is 0 Å². The van der Waals surface area contributed by atoms with Crippen molar-refractivity contribution >= 4 is 16.0 Å². The zero-order valence-corrected chi connectivity index (χ0v) is 9.42. The molecule has 0 radical (unpaired) electrons. The zero-order chi connectivity index (χ0) is 11.5. The molecular formula is C8H16N2O4S. The highest BCUT2D eigenvalue weighted by molar-refractivity contribution is 7.90. The predicted octanol–water partition coefficient (Wildman–Crippen LogP) is -1.04. The molecule has 1 saturated carbocycles. The van der Waals surface area contributed by atoms with Gasteiger partial charge in [-0.25, -0.2) is 13.1 Å². The molecule has 0 aromatic heterocycles. The first-order chi connectivity index (χ1) is 6.94. The summed E-state index contributed by atoms with van der Waals surface area (Å²) in [5.74, 6) is -1.42. The van der Waals surface area contributed by atoms with Gasteiger partial charge in [0.05, 0.1) is 7.11 Å². The Balaban J connectivity index is 2.52. The van der Waals surface area contributed by atoms with Crippen LogP contribution >= 0.6 is 0 Å². The van der Waals surface area contributed by atoms with Crippen LogP contribution in [0, 0.1) is 0 Å². The van der Waals surface area contributed by atoms with E-state index in [2.05, 4.69) is 9.46 Å². The first-order valence-corrected chi connectivity index (χ1v) is 6.42. The Labute approximate surface area is 89.2 Å². The van der Waals surface area contributed by atoms with E-state index in [0.717, 1.165) is 26.4 Å². The Kier molecular flexibility index (Phi) is 4.06. The van der Waals surface area contributed by atoms with Gasteiger partial charge in [-0.3, -0.25) is 4.79 Å². The molecular weight excluding hydrogens is 220 g/mol. The number of esters is 1. The fourth-order valence-corrected chi connectivity index (χ4v) is 2.89.